The van der Waals surface area contributed by atoms with Gasteiger partial charge in [-0.25, -0.2) is 0 Å². The minimum absolute atomic E-state index is 0.0281. The molecule has 0 radical (unpaired) electrons. The van der Waals surface area contributed by atoms with Crippen molar-refractivity contribution in [3.05, 3.63) is 42.4 Å². The van der Waals surface area contributed by atoms with Crippen LogP contribution in [0.5, 0.6) is 11.5 Å². The molecule has 0 spiro atoms. The zero-order valence-electron chi connectivity index (χ0n) is 11.4. The Labute approximate surface area is 122 Å². The van der Waals surface area contributed by atoms with Crippen molar-refractivity contribution in [1.82, 2.24) is 5.32 Å². The van der Waals surface area contributed by atoms with Crippen LogP contribution in [0.15, 0.2) is 41.0 Å². The molecular formula is C15H16N2O4. The molecule has 21 heavy (non-hydrogen) atoms. The highest BCUT2D eigenvalue weighted by Gasteiger charge is 2.13. The Morgan fingerprint density at radius 1 is 1.19 bits per heavy atom. The van der Waals surface area contributed by atoms with E-state index in [0.29, 0.717) is 19.5 Å². The van der Waals surface area contributed by atoms with Crippen molar-refractivity contribution in [3.8, 4) is 11.5 Å². The maximum atomic E-state index is 11.7. The highest BCUT2D eigenvalue weighted by Crippen LogP contribution is 2.34. The van der Waals surface area contributed by atoms with E-state index in [2.05, 4.69) is 10.6 Å². The van der Waals surface area contributed by atoms with Gasteiger partial charge in [0.15, 0.2) is 11.5 Å². The van der Waals surface area contributed by atoms with Crippen LogP contribution in [0.4, 0.5) is 5.69 Å². The molecule has 0 aliphatic carbocycles. The molecule has 3 rings (SSSR count). The Morgan fingerprint density at radius 2 is 2.10 bits per heavy atom. The number of benzene rings is 1. The Morgan fingerprint density at radius 3 is 2.95 bits per heavy atom. The third-order valence-corrected chi connectivity index (χ3v) is 3.09. The first kappa shape index (κ1) is 13.4. The summed E-state index contributed by atoms with van der Waals surface area (Å²) in [6.07, 6.45) is 1.97. The van der Waals surface area contributed by atoms with Crippen LogP contribution in [0.25, 0.3) is 0 Å². The molecule has 1 aliphatic rings. The van der Waals surface area contributed by atoms with Crippen molar-refractivity contribution < 1.29 is 18.7 Å². The first-order valence-electron chi connectivity index (χ1n) is 6.74. The molecule has 1 amide bonds. The van der Waals surface area contributed by atoms with Crippen LogP contribution in [0.1, 0.15) is 12.2 Å². The van der Waals surface area contributed by atoms with E-state index in [1.54, 1.807) is 12.3 Å². The van der Waals surface area contributed by atoms with Crippen LogP contribution in [-0.2, 0) is 11.3 Å². The van der Waals surface area contributed by atoms with E-state index < -0.39 is 0 Å². The van der Waals surface area contributed by atoms with E-state index in [0.717, 1.165) is 22.9 Å². The molecule has 1 aliphatic heterocycles. The lowest BCUT2D eigenvalue weighted by Crippen LogP contribution is -2.24. The number of hydrogen-bond donors (Lipinski definition) is 2. The monoisotopic (exact) mass is 288 g/mol. The average molecular weight is 288 g/mol. The van der Waals surface area contributed by atoms with E-state index in [9.17, 15) is 4.79 Å². The molecule has 0 saturated heterocycles. The van der Waals surface area contributed by atoms with Gasteiger partial charge < -0.3 is 24.5 Å². The van der Waals surface area contributed by atoms with Gasteiger partial charge in [-0.2, -0.15) is 0 Å². The number of fused-ring (bicyclic) bond motifs is 1. The molecule has 0 unspecified atom stereocenters. The van der Waals surface area contributed by atoms with E-state index in [1.165, 1.54) is 0 Å². The molecule has 6 nitrogen and oxygen atoms in total. The van der Waals surface area contributed by atoms with Gasteiger partial charge in [0.05, 0.1) is 12.8 Å². The second kappa shape index (κ2) is 6.21. The molecule has 1 aromatic heterocycles. The van der Waals surface area contributed by atoms with Crippen molar-refractivity contribution in [3.63, 3.8) is 0 Å². The fourth-order valence-corrected chi connectivity index (χ4v) is 2.01. The molecule has 110 valence electrons. The number of furan rings is 1. The van der Waals surface area contributed by atoms with Crippen molar-refractivity contribution in [2.75, 3.05) is 18.7 Å². The van der Waals surface area contributed by atoms with Crippen molar-refractivity contribution in [2.45, 2.75) is 13.0 Å². The van der Waals surface area contributed by atoms with Crippen LogP contribution >= 0.6 is 0 Å². The van der Waals surface area contributed by atoms with Gasteiger partial charge in [-0.3, -0.25) is 4.79 Å². The largest absolute Gasteiger partial charge is 0.467 e. The lowest BCUT2D eigenvalue weighted by Gasteiger charge is -2.07. The Hall–Kier alpha value is -2.63. The molecule has 0 saturated carbocycles. The minimum Gasteiger partial charge on any atom is -0.467 e. The Balaban J connectivity index is 1.40. The SMILES string of the molecule is O=C(CCNc1ccc2c(c1)OCO2)NCc1ccco1. The predicted octanol–water partition coefficient (Wildman–Crippen LogP) is 2.13. The molecule has 0 fully saturated rings. The third kappa shape index (κ3) is 3.47. The maximum absolute atomic E-state index is 11.7. The molecule has 2 heterocycles. The minimum atomic E-state index is -0.0281. The van der Waals surface area contributed by atoms with Gasteiger partial charge in [0, 0.05) is 24.7 Å². The predicted molar refractivity (Wildman–Crippen MR) is 76.2 cm³/mol. The topological polar surface area (TPSA) is 72.7 Å². The lowest BCUT2D eigenvalue weighted by molar-refractivity contribution is -0.121. The van der Waals surface area contributed by atoms with E-state index in [1.807, 2.05) is 24.3 Å². The van der Waals surface area contributed by atoms with E-state index in [4.69, 9.17) is 13.9 Å². The zero-order chi connectivity index (χ0) is 14.5. The molecule has 0 bridgehead atoms. The van der Waals surface area contributed by atoms with Crippen LogP contribution in [0.2, 0.25) is 0 Å². The fraction of sp³-hybridized carbons (Fsp3) is 0.267. The summed E-state index contributed by atoms with van der Waals surface area (Å²) in [6, 6.07) is 9.23. The van der Waals surface area contributed by atoms with Crippen LogP contribution < -0.4 is 20.1 Å². The number of anilines is 1. The normalized spacial score (nSPS) is 12.2. The summed E-state index contributed by atoms with van der Waals surface area (Å²) in [6.45, 7) is 1.22. The van der Waals surface area contributed by atoms with Gasteiger partial charge >= 0.3 is 0 Å². The summed E-state index contributed by atoms with van der Waals surface area (Å²) in [5.74, 6) is 2.19. The summed E-state index contributed by atoms with van der Waals surface area (Å²) in [5.41, 5.74) is 0.901. The molecule has 2 N–H and O–H groups in total. The zero-order valence-corrected chi connectivity index (χ0v) is 11.4. The van der Waals surface area contributed by atoms with Crippen LogP contribution in [-0.4, -0.2) is 19.2 Å². The molecule has 2 aromatic rings. The number of nitrogens with one attached hydrogen (secondary N) is 2. The first-order chi connectivity index (χ1) is 10.3. The molecule has 0 atom stereocenters. The van der Waals surface area contributed by atoms with Crippen molar-refractivity contribution in [1.29, 1.82) is 0 Å². The van der Waals surface area contributed by atoms with Gasteiger partial charge in [-0.05, 0) is 24.3 Å². The summed E-state index contributed by atoms with van der Waals surface area (Å²) < 4.78 is 15.7. The molecular weight excluding hydrogens is 272 g/mol. The van der Waals surface area contributed by atoms with Crippen molar-refractivity contribution in [2.24, 2.45) is 0 Å². The number of carbonyl (C=O) groups excluding carboxylic acids is 1. The summed E-state index contributed by atoms with van der Waals surface area (Å²) in [5, 5.41) is 5.97. The standard InChI is InChI=1S/C15H16N2O4/c18-15(17-9-12-2-1-7-19-12)5-6-16-11-3-4-13-14(8-11)21-10-20-13/h1-4,7-8,16H,5-6,9-10H2,(H,17,18). The average Bonchev–Trinajstić information content (AvgIpc) is 3.16. The summed E-state index contributed by atoms with van der Waals surface area (Å²) in [4.78, 5) is 11.7. The molecule has 6 heteroatoms. The van der Waals surface area contributed by atoms with Gasteiger partial charge in [-0.15, -0.1) is 0 Å². The van der Waals surface area contributed by atoms with Crippen LogP contribution in [0, 0.1) is 0 Å². The quantitative estimate of drug-likeness (QED) is 0.852. The van der Waals surface area contributed by atoms with Gasteiger partial charge in [-0.1, -0.05) is 0 Å². The number of rotatable bonds is 6. The van der Waals surface area contributed by atoms with Gasteiger partial charge in [0.25, 0.3) is 0 Å². The van der Waals surface area contributed by atoms with Gasteiger partial charge in [0.1, 0.15) is 5.76 Å². The number of carbonyl (C=O) groups is 1. The smallest absolute Gasteiger partial charge is 0.231 e. The van der Waals surface area contributed by atoms with Gasteiger partial charge in [0.2, 0.25) is 12.7 Å². The summed E-state index contributed by atoms with van der Waals surface area (Å²) >= 11 is 0. The maximum Gasteiger partial charge on any atom is 0.231 e. The second-order valence-corrected chi connectivity index (χ2v) is 4.60. The number of amides is 1. The molecule has 1 aromatic carbocycles. The van der Waals surface area contributed by atoms with Crippen LogP contribution in [0.3, 0.4) is 0 Å². The lowest BCUT2D eigenvalue weighted by atomic mass is 10.2. The number of hydrogen-bond acceptors (Lipinski definition) is 5. The van der Waals surface area contributed by atoms with E-state index >= 15 is 0 Å². The number of ether oxygens (including phenoxy) is 2. The highest BCUT2D eigenvalue weighted by atomic mass is 16.7. The Kier molecular flexibility index (Phi) is 3.95. The second-order valence-electron chi connectivity index (χ2n) is 4.60. The van der Waals surface area contributed by atoms with E-state index in [-0.39, 0.29) is 12.7 Å². The fourth-order valence-electron chi connectivity index (χ4n) is 2.01. The third-order valence-electron chi connectivity index (χ3n) is 3.09. The summed E-state index contributed by atoms with van der Waals surface area (Å²) in [7, 11) is 0. The first-order valence-corrected chi connectivity index (χ1v) is 6.74. The highest BCUT2D eigenvalue weighted by molar-refractivity contribution is 5.76. The Bertz CT molecular complexity index is 610. The van der Waals surface area contributed by atoms with Crippen molar-refractivity contribution >= 4 is 11.6 Å².